The Bertz CT molecular complexity index is 1120. The van der Waals surface area contributed by atoms with Gasteiger partial charge in [0.15, 0.2) is 0 Å². The lowest BCUT2D eigenvalue weighted by Gasteiger charge is -2.35. The molecule has 3 amide bonds. The standard InChI is InChI=1S/C29H39N3O5/c1-18(2)17-23(31-28(36)37-29(4,5)6)27(35)32(20-15-16-20)25(21-12-8-10-14-24(21)33)26(34)30-22-13-9-7-11-19(22)3/h7-14,18,20,23,25,33H,15-17H2,1-6H3,(H,30,34)(H,31,36). The zero-order chi connectivity index (χ0) is 27.3. The van der Waals surface area contributed by atoms with Crippen molar-refractivity contribution in [2.75, 3.05) is 5.32 Å². The summed E-state index contributed by atoms with van der Waals surface area (Å²) in [4.78, 5) is 42.1. The van der Waals surface area contributed by atoms with E-state index in [9.17, 15) is 19.5 Å². The molecule has 8 heteroatoms. The molecule has 0 aromatic heterocycles. The van der Waals surface area contributed by atoms with Gasteiger partial charge in [-0.2, -0.15) is 0 Å². The number of nitrogens with zero attached hydrogens (tertiary/aromatic N) is 1. The van der Waals surface area contributed by atoms with Crippen molar-refractivity contribution in [1.82, 2.24) is 10.2 Å². The number of nitrogens with one attached hydrogen (secondary N) is 2. The van der Waals surface area contributed by atoms with Crippen LogP contribution in [-0.2, 0) is 14.3 Å². The summed E-state index contributed by atoms with van der Waals surface area (Å²) in [5.74, 6) is -0.799. The summed E-state index contributed by atoms with van der Waals surface area (Å²) >= 11 is 0. The molecule has 0 heterocycles. The lowest BCUT2D eigenvalue weighted by molar-refractivity contribution is -0.141. The van der Waals surface area contributed by atoms with Gasteiger partial charge in [0.25, 0.3) is 5.91 Å². The molecule has 1 fully saturated rings. The van der Waals surface area contributed by atoms with Crippen molar-refractivity contribution in [3.05, 3.63) is 59.7 Å². The average molecular weight is 510 g/mol. The molecule has 0 aliphatic heterocycles. The highest BCUT2D eigenvalue weighted by Gasteiger charge is 2.45. The zero-order valence-corrected chi connectivity index (χ0v) is 22.6. The van der Waals surface area contributed by atoms with Gasteiger partial charge in [0, 0.05) is 17.3 Å². The number of rotatable bonds is 9. The van der Waals surface area contributed by atoms with E-state index in [-0.39, 0.29) is 23.6 Å². The molecule has 0 bridgehead atoms. The third-order valence-corrected chi connectivity index (χ3v) is 6.05. The Morgan fingerprint density at radius 3 is 2.24 bits per heavy atom. The number of benzene rings is 2. The molecule has 3 N–H and O–H groups in total. The van der Waals surface area contributed by atoms with E-state index >= 15 is 0 Å². The van der Waals surface area contributed by atoms with Crippen LogP contribution in [-0.4, -0.2) is 45.6 Å². The van der Waals surface area contributed by atoms with Gasteiger partial charge in [-0.1, -0.05) is 50.2 Å². The first-order valence-corrected chi connectivity index (χ1v) is 12.8. The molecule has 1 aliphatic carbocycles. The Hall–Kier alpha value is -3.55. The molecule has 37 heavy (non-hydrogen) atoms. The summed E-state index contributed by atoms with van der Waals surface area (Å²) < 4.78 is 5.42. The molecule has 200 valence electrons. The van der Waals surface area contributed by atoms with E-state index in [1.807, 2.05) is 39.0 Å². The maximum absolute atomic E-state index is 14.1. The van der Waals surface area contributed by atoms with Crippen molar-refractivity contribution in [1.29, 1.82) is 0 Å². The maximum atomic E-state index is 14.1. The van der Waals surface area contributed by atoms with Crippen LogP contribution in [0.1, 0.15) is 71.0 Å². The molecule has 2 atom stereocenters. The molecule has 1 aliphatic rings. The second-order valence-corrected chi connectivity index (χ2v) is 11.1. The van der Waals surface area contributed by atoms with Crippen LogP contribution in [0.5, 0.6) is 5.75 Å². The first-order valence-electron chi connectivity index (χ1n) is 12.8. The molecular weight excluding hydrogens is 470 g/mol. The number of anilines is 1. The number of alkyl carbamates (subject to hydrolysis) is 1. The van der Waals surface area contributed by atoms with Crippen LogP contribution < -0.4 is 10.6 Å². The molecule has 1 saturated carbocycles. The van der Waals surface area contributed by atoms with E-state index in [0.29, 0.717) is 17.7 Å². The van der Waals surface area contributed by atoms with Crippen LogP contribution in [0.4, 0.5) is 10.5 Å². The topological polar surface area (TPSA) is 108 Å². The number of amides is 3. The highest BCUT2D eigenvalue weighted by Crippen LogP contribution is 2.39. The van der Waals surface area contributed by atoms with E-state index in [1.165, 1.54) is 11.0 Å². The van der Waals surface area contributed by atoms with Gasteiger partial charge in [-0.3, -0.25) is 9.59 Å². The van der Waals surface area contributed by atoms with Crippen molar-refractivity contribution in [2.24, 2.45) is 5.92 Å². The van der Waals surface area contributed by atoms with Crippen molar-refractivity contribution in [3.8, 4) is 5.75 Å². The van der Waals surface area contributed by atoms with Crippen molar-refractivity contribution >= 4 is 23.6 Å². The summed E-state index contributed by atoms with van der Waals surface area (Å²) in [6, 6.07) is 11.8. The van der Waals surface area contributed by atoms with Gasteiger partial charge in [0.1, 0.15) is 23.4 Å². The first kappa shape index (κ1) is 28.0. The number of hydrogen-bond acceptors (Lipinski definition) is 5. The largest absolute Gasteiger partial charge is 0.508 e. The van der Waals surface area contributed by atoms with Gasteiger partial charge < -0.3 is 25.4 Å². The first-order chi connectivity index (χ1) is 17.4. The lowest BCUT2D eigenvalue weighted by atomic mass is 9.98. The van der Waals surface area contributed by atoms with Crippen LogP contribution in [0, 0.1) is 12.8 Å². The van der Waals surface area contributed by atoms with Crippen molar-refractivity contribution in [2.45, 2.75) is 84.5 Å². The van der Waals surface area contributed by atoms with Gasteiger partial charge in [-0.15, -0.1) is 0 Å². The molecule has 2 unspecified atom stereocenters. The molecule has 8 nitrogen and oxygen atoms in total. The second-order valence-electron chi connectivity index (χ2n) is 11.1. The van der Waals surface area contributed by atoms with Gasteiger partial charge in [-0.05, 0) is 70.6 Å². The minimum Gasteiger partial charge on any atom is -0.508 e. The smallest absolute Gasteiger partial charge is 0.408 e. The molecule has 3 rings (SSSR count). The number of aromatic hydroxyl groups is 1. The van der Waals surface area contributed by atoms with E-state index < -0.39 is 29.7 Å². The third-order valence-electron chi connectivity index (χ3n) is 6.05. The third kappa shape index (κ3) is 7.71. The van der Waals surface area contributed by atoms with E-state index in [1.54, 1.807) is 45.0 Å². The predicted octanol–water partition coefficient (Wildman–Crippen LogP) is 5.31. The summed E-state index contributed by atoms with van der Waals surface area (Å²) in [5.41, 5.74) is 1.11. The molecular formula is C29H39N3O5. The number of hydrogen-bond donors (Lipinski definition) is 3. The lowest BCUT2D eigenvalue weighted by Crippen LogP contribution is -2.53. The molecule has 0 radical (unpaired) electrons. The van der Waals surface area contributed by atoms with Crippen LogP contribution in [0.3, 0.4) is 0 Å². The van der Waals surface area contributed by atoms with Crippen LogP contribution in [0.15, 0.2) is 48.5 Å². The minimum absolute atomic E-state index is 0.0774. The summed E-state index contributed by atoms with van der Waals surface area (Å²) in [6.07, 6.45) is 1.14. The van der Waals surface area contributed by atoms with Crippen molar-refractivity contribution in [3.63, 3.8) is 0 Å². The predicted molar refractivity (Wildman–Crippen MR) is 143 cm³/mol. The van der Waals surface area contributed by atoms with E-state index in [2.05, 4.69) is 10.6 Å². The SMILES string of the molecule is Cc1ccccc1NC(=O)C(c1ccccc1O)N(C(=O)C(CC(C)C)NC(=O)OC(C)(C)C)C1CC1. The van der Waals surface area contributed by atoms with Crippen LogP contribution in [0.2, 0.25) is 0 Å². The van der Waals surface area contributed by atoms with Gasteiger partial charge in [-0.25, -0.2) is 4.79 Å². The molecule has 0 saturated heterocycles. The van der Waals surface area contributed by atoms with Gasteiger partial charge in [0.05, 0.1) is 0 Å². The number of para-hydroxylation sites is 2. The second kappa shape index (κ2) is 11.7. The van der Waals surface area contributed by atoms with E-state index in [0.717, 1.165) is 18.4 Å². The van der Waals surface area contributed by atoms with Gasteiger partial charge in [0.2, 0.25) is 5.91 Å². The average Bonchev–Trinajstić information content (AvgIpc) is 3.62. The number of ether oxygens (including phenoxy) is 1. The number of aryl methyl sites for hydroxylation is 1. The summed E-state index contributed by atoms with van der Waals surface area (Å²) in [6.45, 7) is 11.1. The molecule has 2 aromatic rings. The summed E-state index contributed by atoms with van der Waals surface area (Å²) in [5, 5.41) is 16.4. The van der Waals surface area contributed by atoms with Crippen LogP contribution >= 0.6 is 0 Å². The Balaban J connectivity index is 2.00. The number of phenols is 1. The normalized spacial score (nSPS) is 15.0. The van der Waals surface area contributed by atoms with E-state index in [4.69, 9.17) is 4.74 Å². The highest BCUT2D eigenvalue weighted by molar-refractivity contribution is 6.00. The quantitative estimate of drug-likeness (QED) is 0.425. The fourth-order valence-corrected chi connectivity index (χ4v) is 4.24. The zero-order valence-electron chi connectivity index (χ0n) is 22.6. The fourth-order valence-electron chi connectivity index (χ4n) is 4.24. The molecule has 0 spiro atoms. The Kier molecular flexibility index (Phi) is 8.84. The number of carbonyl (C=O) groups is 3. The Labute approximate surface area is 219 Å². The minimum atomic E-state index is -1.09. The monoisotopic (exact) mass is 509 g/mol. The Morgan fingerprint density at radius 1 is 1.05 bits per heavy atom. The Morgan fingerprint density at radius 2 is 1.68 bits per heavy atom. The highest BCUT2D eigenvalue weighted by atomic mass is 16.6. The van der Waals surface area contributed by atoms with Gasteiger partial charge >= 0.3 is 6.09 Å². The number of phenolic OH excluding ortho intramolecular Hbond substituents is 1. The summed E-state index contributed by atoms with van der Waals surface area (Å²) in [7, 11) is 0. The number of carbonyl (C=O) groups excluding carboxylic acids is 3. The van der Waals surface area contributed by atoms with Crippen LogP contribution in [0.25, 0.3) is 0 Å². The molecule has 2 aromatic carbocycles. The van der Waals surface area contributed by atoms with Crippen molar-refractivity contribution < 1.29 is 24.2 Å². The maximum Gasteiger partial charge on any atom is 0.408 e. The fraction of sp³-hybridized carbons (Fsp3) is 0.483.